The van der Waals surface area contributed by atoms with Gasteiger partial charge in [-0.1, -0.05) is 60.7 Å². The van der Waals surface area contributed by atoms with Crippen LogP contribution in [0.4, 0.5) is 0 Å². The summed E-state index contributed by atoms with van der Waals surface area (Å²) in [5.41, 5.74) is 2.36. The molecule has 0 fully saturated rings. The van der Waals surface area contributed by atoms with E-state index in [0.29, 0.717) is 0 Å². The summed E-state index contributed by atoms with van der Waals surface area (Å²) in [5, 5.41) is 6.38. The molecule has 3 aromatic rings. The first-order valence-corrected chi connectivity index (χ1v) is 9.37. The van der Waals surface area contributed by atoms with Crippen molar-refractivity contribution in [2.75, 3.05) is 6.54 Å². The number of hydrogen-bond donors (Lipinski definition) is 2. The fourth-order valence-electron chi connectivity index (χ4n) is 3.10. The van der Waals surface area contributed by atoms with Gasteiger partial charge < -0.3 is 9.73 Å². The zero-order valence-electron chi connectivity index (χ0n) is 15.6. The number of furan rings is 1. The molecule has 0 bridgehead atoms. The van der Waals surface area contributed by atoms with Crippen LogP contribution in [-0.2, 0) is 11.2 Å². The van der Waals surface area contributed by atoms with Crippen molar-refractivity contribution in [1.82, 2.24) is 10.6 Å². The van der Waals surface area contributed by atoms with Crippen LogP contribution in [0.3, 0.4) is 0 Å². The van der Waals surface area contributed by atoms with Crippen LogP contribution in [0.1, 0.15) is 36.3 Å². The van der Waals surface area contributed by atoms with Crippen molar-refractivity contribution in [3.63, 3.8) is 0 Å². The molecule has 27 heavy (non-hydrogen) atoms. The number of nitrogens with one attached hydrogen (secondary N) is 2. The van der Waals surface area contributed by atoms with E-state index in [4.69, 9.17) is 4.42 Å². The molecule has 140 valence electrons. The molecule has 0 aliphatic carbocycles. The number of benzene rings is 2. The fourth-order valence-corrected chi connectivity index (χ4v) is 3.10. The third kappa shape index (κ3) is 5.83. The Balaban J connectivity index is 1.50. The highest BCUT2D eigenvalue weighted by Gasteiger charge is 2.18. The number of hydrogen-bond acceptors (Lipinski definition) is 3. The first-order chi connectivity index (χ1) is 13.2. The molecule has 2 aromatic carbocycles. The SMILES string of the molecule is C[C@H](CCc1ccccc1)NC(=O)CN[C@@H](c1ccccc1)c1ccco1. The van der Waals surface area contributed by atoms with Gasteiger partial charge in [-0.2, -0.15) is 0 Å². The minimum absolute atomic E-state index is 0.0111. The van der Waals surface area contributed by atoms with Crippen molar-refractivity contribution in [3.8, 4) is 0 Å². The van der Waals surface area contributed by atoms with E-state index in [1.807, 2.05) is 67.6 Å². The van der Waals surface area contributed by atoms with Crippen LogP contribution in [0.25, 0.3) is 0 Å². The first-order valence-electron chi connectivity index (χ1n) is 9.37. The standard InChI is InChI=1S/C23H26N2O2/c1-18(14-15-19-9-4-2-5-10-19)25-22(26)17-24-23(21-13-8-16-27-21)20-11-6-3-7-12-20/h2-13,16,18,23-24H,14-15,17H2,1H3,(H,25,26)/t18-,23+/m1/s1. The second-order valence-electron chi connectivity index (χ2n) is 6.73. The normalized spacial score (nSPS) is 13.1. The molecule has 1 amide bonds. The number of carbonyl (C=O) groups excluding carboxylic acids is 1. The Morgan fingerprint density at radius 1 is 0.963 bits per heavy atom. The van der Waals surface area contributed by atoms with E-state index in [0.717, 1.165) is 24.2 Å². The predicted octanol–water partition coefficient (Wildman–Crippen LogP) is 4.10. The number of aryl methyl sites for hydroxylation is 1. The molecule has 2 N–H and O–H groups in total. The first kappa shape index (κ1) is 18.9. The molecule has 0 aliphatic heterocycles. The van der Waals surface area contributed by atoms with E-state index in [1.54, 1.807) is 6.26 Å². The van der Waals surface area contributed by atoms with Gasteiger partial charge in [0.1, 0.15) is 5.76 Å². The van der Waals surface area contributed by atoms with Gasteiger partial charge in [-0.3, -0.25) is 10.1 Å². The Hall–Kier alpha value is -2.85. The highest BCUT2D eigenvalue weighted by atomic mass is 16.3. The van der Waals surface area contributed by atoms with E-state index in [9.17, 15) is 4.79 Å². The van der Waals surface area contributed by atoms with Crippen molar-refractivity contribution >= 4 is 5.91 Å². The summed E-state index contributed by atoms with van der Waals surface area (Å²) in [7, 11) is 0. The van der Waals surface area contributed by atoms with E-state index in [2.05, 4.69) is 22.8 Å². The molecule has 4 nitrogen and oxygen atoms in total. The van der Waals surface area contributed by atoms with Crippen LogP contribution in [0.2, 0.25) is 0 Å². The molecule has 1 aromatic heterocycles. The van der Waals surface area contributed by atoms with Gasteiger partial charge in [0.25, 0.3) is 0 Å². The topological polar surface area (TPSA) is 54.3 Å². The minimum Gasteiger partial charge on any atom is -0.467 e. The summed E-state index contributed by atoms with van der Waals surface area (Å²) in [5.74, 6) is 0.786. The van der Waals surface area contributed by atoms with E-state index < -0.39 is 0 Å². The van der Waals surface area contributed by atoms with Crippen LogP contribution in [0.5, 0.6) is 0 Å². The van der Waals surface area contributed by atoms with Crippen LogP contribution in [0, 0.1) is 0 Å². The molecule has 0 spiro atoms. The lowest BCUT2D eigenvalue weighted by Crippen LogP contribution is -2.40. The molecule has 0 unspecified atom stereocenters. The van der Waals surface area contributed by atoms with E-state index in [-0.39, 0.29) is 24.5 Å². The molecule has 3 rings (SSSR count). The number of amides is 1. The molecule has 2 atom stereocenters. The average molecular weight is 362 g/mol. The minimum atomic E-state index is -0.147. The lowest BCUT2D eigenvalue weighted by Gasteiger charge is -2.19. The summed E-state index contributed by atoms with van der Waals surface area (Å²) in [6.07, 6.45) is 3.52. The van der Waals surface area contributed by atoms with Gasteiger partial charge in [-0.05, 0) is 43.0 Å². The largest absolute Gasteiger partial charge is 0.467 e. The van der Waals surface area contributed by atoms with Gasteiger partial charge in [0, 0.05) is 6.04 Å². The monoisotopic (exact) mass is 362 g/mol. The summed E-state index contributed by atoms with van der Waals surface area (Å²) in [6.45, 7) is 2.28. The lowest BCUT2D eigenvalue weighted by molar-refractivity contribution is -0.121. The maximum Gasteiger partial charge on any atom is 0.234 e. The lowest BCUT2D eigenvalue weighted by atomic mass is 10.0. The summed E-state index contributed by atoms with van der Waals surface area (Å²) < 4.78 is 5.56. The van der Waals surface area contributed by atoms with Gasteiger partial charge in [0.15, 0.2) is 0 Å². The molecule has 4 heteroatoms. The van der Waals surface area contributed by atoms with Crippen LogP contribution in [0.15, 0.2) is 83.5 Å². The fraction of sp³-hybridized carbons (Fsp3) is 0.261. The Labute approximate surface area is 160 Å². The Morgan fingerprint density at radius 3 is 2.33 bits per heavy atom. The van der Waals surface area contributed by atoms with Crippen LogP contribution < -0.4 is 10.6 Å². The van der Waals surface area contributed by atoms with Crippen molar-refractivity contribution in [2.24, 2.45) is 0 Å². The van der Waals surface area contributed by atoms with Crippen molar-refractivity contribution in [1.29, 1.82) is 0 Å². The maximum atomic E-state index is 12.4. The maximum absolute atomic E-state index is 12.4. The predicted molar refractivity (Wildman–Crippen MR) is 107 cm³/mol. The third-order valence-corrected chi connectivity index (χ3v) is 4.54. The molecule has 0 saturated carbocycles. The molecular formula is C23H26N2O2. The Morgan fingerprint density at radius 2 is 1.67 bits per heavy atom. The Bertz CT molecular complexity index is 801. The summed E-state index contributed by atoms with van der Waals surface area (Å²) in [6, 6.07) is 24.1. The molecule has 0 radical (unpaired) electrons. The summed E-state index contributed by atoms with van der Waals surface area (Å²) >= 11 is 0. The Kier molecular flexibility index (Phi) is 6.83. The zero-order valence-corrected chi connectivity index (χ0v) is 15.6. The molecule has 1 heterocycles. The number of rotatable bonds is 9. The van der Waals surface area contributed by atoms with Gasteiger partial charge in [-0.25, -0.2) is 0 Å². The van der Waals surface area contributed by atoms with Gasteiger partial charge in [0.05, 0.1) is 18.8 Å². The summed E-state index contributed by atoms with van der Waals surface area (Å²) in [4.78, 5) is 12.4. The molecular weight excluding hydrogens is 336 g/mol. The van der Waals surface area contributed by atoms with Crippen molar-refractivity contribution in [2.45, 2.75) is 31.8 Å². The second-order valence-corrected chi connectivity index (χ2v) is 6.73. The second kappa shape index (κ2) is 9.74. The quantitative estimate of drug-likeness (QED) is 0.603. The highest BCUT2D eigenvalue weighted by molar-refractivity contribution is 5.78. The van der Waals surface area contributed by atoms with Gasteiger partial charge in [-0.15, -0.1) is 0 Å². The van der Waals surface area contributed by atoms with Gasteiger partial charge in [0.2, 0.25) is 5.91 Å². The molecule has 0 aliphatic rings. The third-order valence-electron chi connectivity index (χ3n) is 4.54. The van der Waals surface area contributed by atoms with Gasteiger partial charge >= 0.3 is 0 Å². The smallest absolute Gasteiger partial charge is 0.234 e. The van der Waals surface area contributed by atoms with Crippen LogP contribution in [-0.4, -0.2) is 18.5 Å². The zero-order chi connectivity index (χ0) is 18.9. The highest BCUT2D eigenvalue weighted by Crippen LogP contribution is 2.21. The average Bonchev–Trinajstić information content (AvgIpc) is 3.23. The number of carbonyl (C=O) groups is 1. The van der Waals surface area contributed by atoms with E-state index >= 15 is 0 Å². The van der Waals surface area contributed by atoms with Crippen LogP contribution >= 0.6 is 0 Å². The molecule has 0 saturated heterocycles. The van der Waals surface area contributed by atoms with Crippen molar-refractivity contribution < 1.29 is 9.21 Å². The van der Waals surface area contributed by atoms with E-state index in [1.165, 1.54) is 5.56 Å². The van der Waals surface area contributed by atoms with Crippen molar-refractivity contribution in [3.05, 3.63) is 95.9 Å².